The van der Waals surface area contributed by atoms with Crippen molar-refractivity contribution in [1.82, 2.24) is 4.98 Å². The highest BCUT2D eigenvalue weighted by Crippen LogP contribution is 2.12. The highest BCUT2D eigenvalue weighted by Gasteiger charge is 2.11. The van der Waals surface area contributed by atoms with Gasteiger partial charge in [-0.05, 0) is 20.8 Å². The van der Waals surface area contributed by atoms with Crippen molar-refractivity contribution in [2.24, 2.45) is 5.73 Å². The Morgan fingerprint density at radius 3 is 2.69 bits per heavy atom. The number of hydrogen-bond acceptors (Lipinski definition) is 4. The predicted octanol–water partition coefficient (Wildman–Crippen LogP) is 1.45. The van der Waals surface area contributed by atoms with Crippen molar-refractivity contribution in [3.05, 3.63) is 17.8 Å². The molecule has 0 aliphatic heterocycles. The van der Waals surface area contributed by atoms with E-state index in [1.54, 1.807) is 6.20 Å². The average Bonchev–Trinajstić information content (AvgIpc) is 2.47. The number of rotatable bonds is 3. The van der Waals surface area contributed by atoms with E-state index in [9.17, 15) is 0 Å². The molecule has 2 N–H and O–H groups in total. The topological polar surface area (TPSA) is 61.3 Å². The Morgan fingerprint density at radius 1 is 1.54 bits per heavy atom. The first-order valence-electron chi connectivity index (χ1n) is 4.29. The second-order valence-electron chi connectivity index (χ2n) is 3.83. The monoisotopic (exact) mass is 184 g/mol. The Balaban J connectivity index is 2.46. The average molecular weight is 184 g/mol. The molecule has 1 heterocycles. The van der Waals surface area contributed by atoms with E-state index in [2.05, 4.69) is 4.98 Å². The summed E-state index contributed by atoms with van der Waals surface area (Å²) < 4.78 is 10.8. The molecule has 1 rings (SSSR count). The van der Waals surface area contributed by atoms with Gasteiger partial charge in [-0.1, -0.05) is 0 Å². The van der Waals surface area contributed by atoms with Crippen molar-refractivity contribution in [1.29, 1.82) is 0 Å². The second-order valence-corrected chi connectivity index (χ2v) is 3.83. The summed E-state index contributed by atoms with van der Waals surface area (Å²) in [5.74, 6) is 1.27. The SMILES string of the molecule is CC(C)(C)OCc1cnc(CN)o1. The smallest absolute Gasteiger partial charge is 0.208 e. The molecule has 0 aliphatic carbocycles. The molecule has 0 fully saturated rings. The summed E-state index contributed by atoms with van der Waals surface area (Å²) in [5, 5.41) is 0. The Kier molecular flexibility index (Phi) is 3.06. The molecule has 4 nitrogen and oxygen atoms in total. The van der Waals surface area contributed by atoms with Crippen LogP contribution in [0.15, 0.2) is 10.6 Å². The quantitative estimate of drug-likeness (QED) is 0.772. The molecule has 74 valence electrons. The molecule has 0 atom stereocenters. The molecule has 0 spiro atoms. The van der Waals surface area contributed by atoms with Crippen molar-refractivity contribution in [3.63, 3.8) is 0 Å². The van der Waals surface area contributed by atoms with Gasteiger partial charge in [0.05, 0.1) is 18.3 Å². The Hall–Kier alpha value is -0.870. The maximum atomic E-state index is 5.50. The lowest BCUT2D eigenvalue weighted by Gasteiger charge is -2.18. The van der Waals surface area contributed by atoms with Crippen LogP contribution in [0.2, 0.25) is 0 Å². The molecule has 0 amide bonds. The molecular formula is C9H16N2O2. The fourth-order valence-corrected chi connectivity index (χ4v) is 0.797. The number of nitrogens with two attached hydrogens (primary N) is 1. The highest BCUT2D eigenvalue weighted by atomic mass is 16.5. The van der Waals surface area contributed by atoms with Gasteiger partial charge in [0, 0.05) is 0 Å². The number of ether oxygens (including phenoxy) is 1. The summed E-state index contributed by atoms with van der Waals surface area (Å²) in [7, 11) is 0. The molecule has 0 bridgehead atoms. The van der Waals surface area contributed by atoms with Crippen LogP contribution in [0.1, 0.15) is 32.4 Å². The molecule has 0 saturated heterocycles. The van der Waals surface area contributed by atoms with Crippen LogP contribution >= 0.6 is 0 Å². The molecule has 0 aromatic carbocycles. The lowest BCUT2D eigenvalue weighted by atomic mass is 10.2. The molecule has 0 unspecified atom stereocenters. The van der Waals surface area contributed by atoms with Gasteiger partial charge in [-0.3, -0.25) is 0 Å². The number of oxazole rings is 1. The summed E-state index contributed by atoms with van der Waals surface area (Å²) in [5.41, 5.74) is 5.19. The van der Waals surface area contributed by atoms with Gasteiger partial charge in [-0.15, -0.1) is 0 Å². The van der Waals surface area contributed by atoms with Gasteiger partial charge in [0.15, 0.2) is 0 Å². The minimum atomic E-state index is -0.157. The molecule has 4 heteroatoms. The summed E-state index contributed by atoms with van der Waals surface area (Å²) >= 11 is 0. The van der Waals surface area contributed by atoms with Gasteiger partial charge < -0.3 is 14.9 Å². The van der Waals surface area contributed by atoms with E-state index in [-0.39, 0.29) is 5.60 Å². The summed E-state index contributed by atoms with van der Waals surface area (Å²) in [4.78, 5) is 3.96. The first-order chi connectivity index (χ1) is 6.01. The van der Waals surface area contributed by atoms with Crippen molar-refractivity contribution < 1.29 is 9.15 Å². The van der Waals surface area contributed by atoms with Crippen molar-refractivity contribution in [2.75, 3.05) is 0 Å². The summed E-state index contributed by atoms with van der Waals surface area (Å²) in [6.45, 7) is 6.75. The third kappa shape index (κ3) is 3.57. The fourth-order valence-electron chi connectivity index (χ4n) is 0.797. The van der Waals surface area contributed by atoms with E-state index in [4.69, 9.17) is 14.9 Å². The predicted molar refractivity (Wildman–Crippen MR) is 48.9 cm³/mol. The molecular weight excluding hydrogens is 168 g/mol. The van der Waals surface area contributed by atoms with E-state index in [1.807, 2.05) is 20.8 Å². The van der Waals surface area contributed by atoms with Crippen LogP contribution < -0.4 is 5.73 Å². The molecule has 0 radical (unpaired) electrons. The Labute approximate surface area is 78.1 Å². The highest BCUT2D eigenvalue weighted by molar-refractivity contribution is 4.92. The molecule has 1 aromatic rings. The maximum Gasteiger partial charge on any atom is 0.208 e. The Bertz CT molecular complexity index is 263. The molecule has 1 aromatic heterocycles. The number of nitrogens with zero attached hydrogens (tertiary/aromatic N) is 1. The lowest BCUT2D eigenvalue weighted by Crippen LogP contribution is -2.18. The maximum absolute atomic E-state index is 5.50. The van der Waals surface area contributed by atoms with Crippen LogP contribution in [0.3, 0.4) is 0 Å². The van der Waals surface area contributed by atoms with Gasteiger partial charge >= 0.3 is 0 Å². The summed E-state index contributed by atoms with van der Waals surface area (Å²) in [6.07, 6.45) is 1.65. The van der Waals surface area contributed by atoms with E-state index >= 15 is 0 Å². The van der Waals surface area contributed by atoms with Gasteiger partial charge in [-0.2, -0.15) is 0 Å². The van der Waals surface area contributed by atoms with Gasteiger partial charge in [0.1, 0.15) is 12.4 Å². The zero-order chi connectivity index (χ0) is 9.90. The molecule has 0 saturated carbocycles. The van der Waals surface area contributed by atoms with Crippen LogP contribution in [-0.2, 0) is 17.9 Å². The van der Waals surface area contributed by atoms with Crippen molar-refractivity contribution in [3.8, 4) is 0 Å². The fraction of sp³-hybridized carbons (Fsp3) is 0.667. The molecule has 0 aliphatic rings. The first-order valence-corrected chi connectivity index (χ1v) is 4.29. The van der Waals surface area contributed by atoms with Crippen LogP contribution in [0.25, 0.3) is 0 Å². The van der Waals surface area contributed by atoms with Gasteiger partial charge in [0.25, 0.3) is 0 Å². The zero-order valence-electron chi connectivity index (χ0n) is 8.33. The third-order valence-corrected chi connectivity index (χ3v) is 1.42. The van der Waals surface area contributed by atoms with Crippen LogP contribution in [0.4, 0.5) is 0 Å². The largest absolute Gasteiger partial charge is 0.442 e. The van der Waals surface area contributed by atoms with E-state index in [0.717, 1.165) is 5.76 Å². The van der Waals surface area contributed by atoms with Crippen molar-refractivity contribution >= 4 is 0 Å². The first kappa shape index (κ1) is 10.2. The minimum Gasteiger partial charge on any atom is -0.442 e. The number of hydrogen-bond donors (Lipinski definition) is 1. The Morgan fingerprint density at radius 2 is 2.23 bits per heavy atom. The van der Waals surface area contributed by atoms with Crippen LogP contribution in [0, 0.1) is 0 Å². The standard InChI is InChI=1S/C9H16N2O2/c1-9(2,3)12-6-7-5-11-8(4-10)13-7/h5H,4,6,10H2,1-3H3. The lowest BCUT2D eigenvalue weighted by molar-refractivity contribution is -0.0227. The van der Waals surface area contributed by atoms with Gasteiger partial charge in [0.2, 0.25) is 5.89 Å². The normalized spacial score (nSPS) is 12.0. The van der Waals surface area contributed by atoms with E-state index in [1.165, 1.54) is 0 Å². The number of aromatic nitrogens is 1. The molecule has 13 heavy (non-hydrogen) atoms. The van der Waals surface area contributed by atoms with Crippen LogP contribution in [-0.4, -0.2) is 10.6 Å². The van der Waals surface area contributed by atoms with Crippen molar-refractivity contribution in [2.45, 2.75) is 39.5 Å². The summed E-state index contributed by atoms with van der Waals surface area (Å²) in [6, 6.07) is 0. The third-order valence-electron chi connectivity index (χ3n) is 1.42. The van der Waals surface area contributed by atoms with E-state index < -0.39 is 0 Å². The van der Waals surface area contributed by atoms with E-state index in [0.29, 0.717) is 19.0 Å². The van der Waals surface area contributed by atoms with Crippen LogP contribution in [0.5, 0.6) is 0 Å². The second kappa shape index (κ2) is 3.89. The minimum absolute atomic E-state index is 0.157. The van der Waals surface area contributed by atoms with Gasteiger partial charge in [-0.25, -0.2) is 4.98 Å². The zero-order valence-corrected chi connectivity index (χ0v) is 8.33.